The highest BCUT2D eigenvalue weighted by Crippen LogP contribution is 2.23. The van der Waals surface area contributed by atoms with Crippen LogP contribution in [0.5, 0.6) is 0 Å². The molecule has 1 heterocycles. The molecule has 2 aromatic rings. The lowest BCUT2D eigenvalue weighted by Crippen LogP contribution is -2.09. The molecule has 2 rings (SSSR count). The summed E-state index contributed by atoms with van der Waals surface area (Å²) in [4.78, 5) is 4.12. The predicted molar refractivity (Wildman–Crippen MR) is 71.3 cm³/mol. The molecule has 0 radical (unpaired) electrons. The van der Waals surface area contributed by atoms with E-state index in [1.54, 1.807) is 12.4 Å². The lowest BCUT2D eigenvalue weighted by atomic mass is 10.3. The van der Waals surface area contributed by atoms with Gasteiger partial charge in [0.25, 0.3) is 0 Å². The number of nitrogens with one attached hydrogen (secondary N) is 1. The monoisotopic (exact) mass is 267 g/mol. The standard InChI is InChI=1S/C13H15ClFN3/c1-9(2)18-8-16-6-11(18)7-17-13-4-3-10(15)5-12(13)14/h3-6,8-9,17H,7H2,1-2H3. The molecule has 18 heavy (non-hydrogen) atoms. The van der Waals surface area contributed by atoms with Gasteiger partial charge in [-0.1, -0.05) is 11.6 Å². The number of hydrogen-bond acceptors (Lipinski definition) is 2. The summed E-state index contributed by atoms with van der Waals surface area (Å²) in [5.41, 5.74) is 1.78. The molecule has 0 aliphatic rings. The second-order valence-corrected chi connectivity index (χ2v) is 4.77. The zero-order chi connectivity index (χ0) is 13.1. The maximum Gasteiger partial charge on any atom is 0.124 e. The Balaban J connectivity index is 2.09. The Hall–Kier alpha value is -1.55. The first-order valence-corrected chi connectivity index (χ1v) is 6.15. The summed E-state index contributed by atoms with van der Waals surface area (Å²) < 4.78 is 15.0. The zero-order valence-corrected chi connectivity index (χ0v) is 11.1. The van der Waals surface area contributed by atoms with E-state index in [0.717, 1.165) is 11.4 Å². The van der Waals surface area contributed by atoms with Crippen molar-refractivity contribution in [3.63, 3.8) is 0 Å². The van der Waals surface area contributed by atoms with Gasteiger partial charge in [-0.3, -0.25) is 0 Å². The number of imidazole rings is 1. The van der Waals surface area contributed by atoms with E-state index in [4.69, 9.17) is 11.6 Å². The third kappa shape index (κ3) is 2.82. The molecule has 1 aromatic carbocycles. The first-order valence-electron chi connectivity index (χ1n) is 5.77. The van der Waals surface area contributed by atoms with Crippen molar-refractivity contribution in [2.75, 3.05) is 5.32 Å². The fourth-order valence-electron chi connectivity index (χ4n) is 1.75. The molecule has 5 heteroatoms. The smallest absolute Gasteiger partial charge is 0.124 e. The van der Waals surface area contributed by atoms with Gasteiger partial charge < -0.3 is 9.88 Å². The van der Waals surface area contributed by atoms with E-state index in [-0.39, 0.29) is 5.82 Å². The maximum atomic E-state index is 12.9. The molecular formula is C13H15ClFN3. The maximum absolute atomic E-state index is 12.9. The third-order valence-corrected chi connectivity index (χ3v) is 3.01. The van der Waals surface area contributed by atoms with Crippen LogP contribution in [-0.2, 0) is 6.54 Å². The Labute approximate surface area is 111 Å². The quantitative estimate of drug-likeness (QED) is 0.911. The van der Waals surface area contributed by atoms with Crippen LogP contribution >= 0.6 is 11.6 Å². The second kappa shape index (κ2) is 5.40. The van der Waals surface area contributed by atoms with E-state index in [0.29, 0.717) is 17.6 Å². The Bertz CT molecular complexity index is 537. The summed E-state index contributed by atoms with van der Waals surface area (Å²) in [5, 5.41) is 3.56. The van der Waals surface area contributed by atoms with E-state index >= 15 is 0 Å². The number of halogens is 2. The summed E-state index contributed by atoms with van der Waals surface area (Å²) in [6.45, 7) is 4.79. The van der Waals surface area contributed by atoms with Crippen LogP contribution in [0.3, 0.4) is 0 Å². The van der Waals surface area contributed by atoms with Crippen LogP contribution in [0.4, 0.5) is 10.1 Å². The van der Waals surface area contributed by atoms with Gasteiger partial charge in [0.2, 0.25) is 0 Å². The van der Waals surface area contributed by atoms with Gasteiger partial charge in [-0.2, -0.15) is 0 Å². The van der Waals surface area contributed by atoms with Crippen molar-refractivity contribution in [2.24, 2.45) is 0 Å². The minimum absolute atomic E-state index is 0.335. The highest BCUT2D eigenvalue weighted by Gasteiger charge is 2.06. The lowest BCUT2D eigenvalue weighted by molar-refractivity contribution is 0.577. The van der Waals surface area contributed by atoms with Crippen LogP contribution in [0, 0.1) is 5.82 Å². The van der Waals surface area contributed by atoms with Gasteiger partial charge in [0, 0.05) is 12.2 Å². The molecular weight excluding hydrogens is 253 g/mol. The fourth-order valence-corrected chi connectivity index (χ4v) is 1.99. The number of anilines is 1. The molecule has 0 fully saturated rings. The molecule has 0 atom stereocenters. The number of rotatable bonds is 4. The van der Waals surface area contributed by atoms with Crippen molar-refractivity contribution < 1.29 is 4.39 Å². The van der Waals surface area contributed by atoms with Crippen molar-refractivity contribution in [2.45, 2.75) is 26.4 Å². The Kier molecular flexibility index (Phi) is 3.87. The van der Waals surface area contributed by atoms with Crippen molar-refractivity contribution >= 4 is 17.3 Å². The predicted octanol–water partition coefficient (Wildman–Crippen LogP) is 3.87. The molecule has 0 spiro atoms. The minimum atomic E-state index is -0.335. The number of nitrogens with zero attached hydrogens (tertiary/aromatic N) is 2. The number of benzene rings is 1. The first-order chi connectivity index (χ1) is 8.58. The van der Waals surface area contributed by atoms with Crippen LogP contribution in [-0.4, -0.2) is 9.55 Å². The highest BCUT2D eigenvalue weighted by atomic mass is 35.5. The summed E-state index contributed by atoms with van der Waals surface area (Å²) in [6.07, 6.45) is 3.61. The van der Waals surface area contributed by atoms with Gasteiger partial charge in [0.1, 0.15) is 5.82 Å². The summed E-state index contributed by atoms with van der Waals surface area (Å²) in [5.74, 6) is -0.335. The molecule has 96 valence electrons. The van der Waals surface area contributed by atoms with Crippen LogP contribution < -0.4 is 5.32 Å². The molecule has 0 saturated carbocycles. The summed E-state index contributed by atoms with van der Waals surface area (Å²) in [6, 6.07) is 4.67. The molecule has 1 aromatic heterocycles. The van der Waals surface area contributed by atoms with Gasteiger partial charge in [0.05, 0.1) is 29.3 Å². The Morgan fingerprint density at radius 1 is 1.44 bits per heavy atom. The van der Waals surface area contributed by atoms with E-state index in [1.807, 2.05) is 6.20 Å². The number of aromatic nitrogens is 2. The normalized spacial score (nSPS) is 10.9. The van der Waals surface area contributed by atoms with Crippen LogP contribution in [0.1, 0.15) is 25.6 Å². The van der Waals surface area contributed by atoms with Crippen molar-refractivity contribution in [1.29, 1.82) is 0 Å². The molecule has 0 amide bonds. The largest absolute Gasteiger partial charge is 0.378 e. The Morgan fingerprint density at radius 2 is 2.22 bits per heavy atom. The highest BCUT2D eigenvalue weighted by molar-refractivity contribution is 6.33. The van der Waals surface area contributed by atoms with E-state index in [2.05, 4.69) is 28.7 Å². The number of hydrogen-bond donors (Lipinski definition) is 1. The van der Waals surface area contributed by atoms with Crippen molar-refractivity contribution in [3.05, 3.63) is 47.3 Å². The molecule has 0 saturated heterocycles. The van der Waals surface area contributed by atoms with Crippen LogP contribution in [0.2, 0.25) is 5.02 Å². The van der Waals surface area contributed by atoms with Gasteiger partial charge in [-0.05, 0) is 32.0 Å². The summed E-state index contributed by atoms with van der Waals surface area (Å²) >= 11 is 5.95. The third-order valence-electron chi connectivity index (χ3n) is 2.69. The van der Waals surface area contributed by atoms with Gasteiger partial charge >= 0.3 is 0 Å². The van der Waals surface area contributed by atoms with Gasteiger partial charge in [0.15, 0.2) is 0 Å². The molecule has 0 aliphatic carbocycles. The van der Waals surface area contributed by atoms with Crippen LogP contribution in [0.25, 0.3) is 0 Å². The SMILES string of the molecule is CC(C)n1cncc1CNc1ccc(F)cc1Cl. The molecule has 1 N–H and O–H groups in total. The van der Waals surface area contributed by atoms with Crippen molar-refractivity contribution in [1.82, 2.24) is 9.55 Å². The van der Waals surface area contributed by atoms with E-state index in [9.17, 15) is 4.39 Å². The topological polar surface area (TPSA) is 29.9 Å². The van der Waals surface area contributed by atoms with Crippen LogP contribution in [0.15, 0.2) is 30.7 Å². The van der Waals surface area contributed by atoms with Gasteiger partial charge in [-0.25, -0.2) is 9.37 Å². The molecule has 3 nitrogen and oxygen atoms in total. The van der Waals surface area contributed by atoms with Crippen molar-refractivity contribution in [3.8, 4) is 0 Å². The average Bonchev–Trinajstić information content (AvgIpc) is 2.76. The molecule has 0 bridgehead atoms. The zero-order valence-electron chi connectivity index (χ0n) is 10.3. The first kappa shape index (κ1) is 12.9. The van der Waals surface area contributed by atoms with E-state index < -0.39 is 0 Å². The summed E-state index contributed by atoms with van der Waals surface area (Å²) in [7, 11) is 0. The molecule has 0 aliphatic heterocycles. The van der Waals surface area contributed by atoms with E-state index in [1.165, 1.54) is 12.1 Å². The minimum Gasteiger partial charge on any atom is -0.378 e. The lowest BCUT2D eigenvalue weighted by Gasteiger charge is -2.13. The second-order valence-electron chi connectivity index (χ2n) is 4.36. The Morgan fingerprint density at radius 3 is 2.89 bits per heavy atom. The fraction of sp³-hybridized carbons (Fsp3) is 0.308. The molecule has 0 unspecified atom stereocenters. The van der Waals surface area contributed by atoms with Gasteiger partial charge in [-0.15, -0.1) is 0 Å². The average molecular weight is 268 g/mol.